The van der Waals surface area contributed by atoms with E-state index in [1.54, 1.807) is 13.8 Å². The predicted octanol–water partition coefficient (Wildman–Crippen LogP) is 3.95. The SMILES string of the molecule is C=C(C)C(=O)CCOC(=O)NCCC(C)(C)CC(C)CNC(=O)OCCC(=O)C(=C)C. The maximum absolute atomic E-state index is 11.7. The Morgan fingerprint density at radius 2 is 1.32 bits per heavy atom. The molecule has 0 bridgehead atoms. The van der Waals surface area contributed by atoms with Gasteiger partial charge < -0.3 is 20.1 Å². The van der Waals surface area contributed by atoms with Gasteiger partial charge in [-0.25, -0.2) is 9.59 Å². The molecule has 0 spiro atoms. The highest BCUT2D eigenvalue weighted by Gasteiger charge is 2.22. The normalized spacial score (nSPS) is 11.8. The lowest BCUT2D eigenvalue weighted by molar-refractivity contribution is -0.116. The zero-order valence-corrected chi connectivity index (χ0v) is 19.6. The van der Waals surface area contributed by atoms with Gasteiger partial charge in [0.2, 0.25) is 0 Å². The molecule has 0 aromatic heterocycles. The molecule has 176 valence electrons. The fraction of sp³-hybridized carbons (Fsp3) is 0.652. The van der Waals surface area contributed by atoms with Gasteiger partial charge in [-0.15, -0.1) is 0 Å². The summed E-state index contributed by atoms with van der Waals surface area (Å²) in [5.74, 6) is -0.0544. The van der Waals surface area contributed by atoms with Gasteiger partial charge in [-0.3, -0.25) is 9.59 Å². The van der Waals surface area contributed by atoms with Crippen molar-refractivity contribution in [2.75, 3.05) is 26.3 Å². The average Bonchev–Trinajstić information content (AvgIpc) is 2.65. The van der Waals surface area contributed by atoms with Crippen molar-refractivity contribution in [3.8, 4) is 0 Å². The molecule has 0 rings (SSSR count). The monoisotopic (exact) mass is 438 g/mol. The second-order valence-corrected chi connectivity index (χ2v) is 8.71. The minimum Gasteiger partial charge on any atom is -0.449 e. The Morgan fingerprint density at radius 3 is 1.77 bits per heavy atom. The molecule has 8 heteroatoms. The number of allylic oxidation sites excluding steroid dienone is 2. The average molecular weight is 439 g/mol. The molecule has 0 aliphatic carbocycles. The molecule has 0 saturated heterocycles. The van der Waals surface area contributed by atoms with Crippen molar-refractivity contribution in [3.05, 3.63) is 24.3 Å². The van der Waals surface area contributed by atoms with Gasteiger partial charge in [-0.05, 0) is 49.2 Å². The van der Waals surface area contributed by atoms with Crippen molar-refractivity contribution in [3.63, 3.8) is 0 Å². The van der Waals surface area contributed by atoms with E-state index in [9.17, 15) is 19.2 Å². The number of rotatable bonds is 15. The van der Waals surface area contributed by atoms with Crippen LogP contribution in [0.2, 0.25) is 0 Å². The summed E-state index contributed by atoms with van der Waals surface area (Å²) in [5.41, 5.74) is 0.822. The van der Waals surface area contributed by atoms with Gasteiger partial charge in [0.05, 0.1) is 0 Å². The van der Waals surface area contributed by atoms with Crippen LogP contribution in [0.15, 0.2) is 24.3 Å². The topological polar surface area (TPSA) is 111 Å². The van der Waals surface area contributed by atoms with Crippen LogP contribution in [0.1, 0.15) is 60.3 Å². The second kappa shape index (κ2) is 14.4. The molecule has 31 heavy (non-hydrogen) atoms. The molecular weight excluding hydrogens is 400 g/mol. The summed E-state index contributed by atoms with van der Waals surface area (Å²) < 4.78 is 9.98. The van der Waals surface area contributed by atoms with Gasteiger partial charge in [0.25, 0.3) is 0 Å². The Hall–Kier alpha value is -2.64. The Labute approximate surface area is 185 Å². The van der Waals surface area contributed by atoms with Crippen LogP contribution in [0.5, 0.6) is 0 Å². The Bertz CT molecular complexity index is 669. The molecule has 8 nitrogen and oxygen atoms in total. The molecule has 0 aromatic rings. The molecule has 2 N–H and O–H groups in total. The number of Topliss-reactive ketones (excluding diaryl/α,β-unsaturated/α-hetero) is 2. The maximum atomic E-state index is 11.7. The lowest BCUT2D eigenvalue weighted by Crippen LogP contribution is -2.33. The summed E-state index contributed by atoms with van der Waals surface area (Å²) in [4.78, 5) is 46.2. The summed E-state index contributed by atoms with van der Waals surface area (Å²) in [6.07, 6.45) is 0.716. The minimum atomic E-state index is -0.548. The third-order valence-electron chi connectivity index (χ3n) is 4.64. The molecular formula is C23H38N2O6. The van der Waals surface area contributed by atoms with Crippen molar-refractivity contribution in [2.45, 2.75) is 60.3 Å². The van der Waals surface area contributed by atoms with E-state index >= 15 is 0 Å². The highest BCUT2D eigenvalue weighted by molar-refractivity contribution is 5.94. The van der Waals surface area contributed by atoms with Crippen LogP contribution in [0.3, 0.4) is 0 Å². The zero-order valence-electron chi connectivity index (χ0n) is 19.6. The number of nitrogens with one attached hydrogen (secondary N) is 2. The Balaban J connectivity index is 4.03. The van der Waals surface area contributed by atoms with Crippen molar-refractivity contribution in [1.29, 1.82) is 0 Å². The van der Waals surface area contributed by atoms with Crippen LogP contribution in [0.25, 0.3) is 0 Å². The summed E-state index contributed by atoms with van der Waals surface area (Å²) in [6, 6.07) is 0. The Morgan fingerprint density at radius 1 is 0.871 bits per heavy atom. The van der Waals surface area contributed by atoms with Crippen LogP contribution in [0.4, 0.5) is 9.59 Å². The van der Waals surface area contributed by atoms with Crippen LogP contribution in [-0.4, -0.2) is 50.1 Å². The quantitative estimate of drug-likeness (QED) is 0.375. The number of amides is 2. The number of carbonyl (C=O) groups is 4. The number of alkyl carbamates (subject to hydrolysis) is 2. The van der Waals surface area contributed by atoms with E-state index < -0.39 is 12.2 Å². The highest BCUT2D eigenvalue weighted by Crippen LogP contribution is 2.28. The number of carbonyl (C=O) groups excluding carboxylic acids is 4. The largest absolute Gasteiger partial charge is 0.449 e. The van der Waals surface area contributed by atoms with E-state index in [1.165, 1.54) is 0 Å². The molecule has 1 unspecified atom stereocenters. The van der Waals surface area contributed by atoms with Crippen molar-refractivity contribution in [2.24, 2.45) is 11.3 Å². The minimum absolute atomic E-state index is 0.0283. The van der Waals surface area contributed by atoms with Crippen molar-refractivity contribution >= 4 is 23.8 Å². The van der Waals surface area contributed by atoms with Crippen LogP contribution < -0.4 is 10.6 Å². The number of ether oxygens (including phenoxy) is 2. The standard InChI is InChI=1S/C23H38N2O6/c1-16(2)19(26)8-12-30-21(28)24-11-10-23(6,7)14-18(5)15-25-22(29)31-13-9-20(27)17(3)4/h18H,1,3,8-15H2,2,4-7H3,(H,24,28)(H,25,29). The first-order valence-electron chi connectivity index (χ1n) is 10.5. The van der Waals surface area contributed by atoms with Crippen molar-refractivity contribution in [1.82, 2.24) is 10.6 Å². The van der Waals surface area contributed by atoms with E-state index in [0.29, 0.717) is 24.2 Å². The number of ketones is 2. The van der Waals surface area contributed by atoms with Crippen molar-refractivity contribution < 1.29 is 28.7 Å². The fourth-order valence-electron chi connectivity index (χ4n) is 2.88. The first kappa shape index (κ1) is 28.4. The zero-order chi connectivity index (χ0) is 24.0. The van der Waals surface area contributed by atoms with Gasteiger partial charge in [0.1, 0.15) is 13.2 Å². The smallest absolute Gasteiger partial charge is 0.407 e. The Kier molecular flexibility index (Phi) is 13.2. The molecule has 0 aliphatic rings. The highest BCUT2D eigenvalue weighted by atomic mass is 16.6. The van der Waals surface area contributed by atoms with Crippen LogP contribution >= 0.6 is 0 Å². The lowest BCUT2D eigenvalue weighted by Gasteiger charge is -2.28. The van der Waals surface area contributed by atoms with E-state index in [4.69, 9.17) is 9.47 Å². The molecule has 1 atom stereocenters. The maximum Gasteiger partial charge on any atom is 0.407 e. The first-order chi connectivity index (χ1) is 14.3. The van der Waals surface area contributed by atoms with Gasteiger partial charge in [-0.1, -0.05) is 33.9 Å². The van der Waals surface area contributed by atoms with E-state index in [1.807, 2.05) is 6.92 Å². The molecule has 0 heterocycles. The third kappa shape index (κ3) is 14.9. The summed E-state index contributed by atoms with van der Waals surface area (Å²) >= 11 is 0. The fourth-order valence-corrected chi connectivity index (χ4v) is 2.88. The molecule has 2 amide bonds. The lowest BCUT2D eigenvalue weighted by atomic mass is 9.80. The second-order valence-electron chi connectivity index (χ2n) is 8.71. The van der Waals surface area contributed by atoms with E-state index in [0.717, 1.165) is 12.8 Å². The predicted molar refractivity (Wildman–Crippen MR) is 120 cm³/mol. The molecule has 0 aliphatic heterocycles. The molecule has 0 fully saturated rings. The summed E-state index contributed by atoms with van der Waals surface area (Å²) in [7, 11) is 0. The van der Waals surface area contributed by atoms with E-state index in [-0.39, 0.29) is 49.0 Å². The number of hydrogen-bond donors (Lipinski definition) is 2. The molecule has 0 aromatic carbocycles. The molecule has 0 radical (unpaired) electrons. The first-order valence-corrected chi connectivity index (χ1v) is 10.5. The van der Waals surface area contributed by atoms with Gasteiger partial charge >= 0.3 is 12.2 Å². The summed E-state index contributed by atoms with van der Waals surface area (Å²) in [6.45, 7) is 17.5. The van der Waals surface area contributed by atoms with Gasteiger partial charge in [0.15, 0.2) is 11.6 Å². The summed E-state index contributed by atoms with van der Waals surface area (Å²) in [5, 5.41) is 5.39. The van der Waals surface area contributed by atoms with Crippen LogP contribution in [0, 0.1) is 11.3 Å². The van der Waals surface area contributed by atoms with Gasteiger partial charge in [-0.2, -0.15) is 0 Å². The van der Waals surface area contributed by atoms with Gasteiger partial charge in [0, 0.05) is 25.9 Å². The van der Waals surface area contributed by atoms with Crippen LogP contribution in [-0.2, 0) is 19.1 Å². The molecule has 0 saturated carbocycles. The third-order valence-corrected chi connectivity index (χ3v) is 4.64. The van der Waals surface area contributed by atoms with E-state index in [2.05, 4.69) is 37.6 Å². The number of hydrogen-bond acceptors (Lipinski definition) is 6.